The van der Waals surface area contributed by atoms with E-state index in [9.17, 15) is 40.3 Å². The average molecular weight is 653 g/mol. The lowest BCUT2D eigenvalue weighted by Crippen LogP contribution is -2.47. The van der Waals surface area contributed by atoms with Gasteiger partial charge in [-0.2, -0.15) is 26.3 Å². The third-order valence-corrected chi connectivity index (χ3v) is 10.2. The molecule has 2 aromatic carbocycles. The van der Waals surface area contributed by atoms with E-state index in [2.05, 4.69) is 4.90 Å². The Balaban J connectivity index is 1.24. The van der Waals surface area contributed by atoms with Crippen LogP contribution in [0.2, 0.25) is 0 Å². The molecule has 0 saturated carbocycles. The number of carbonyl (C=O) groups excluding carboxylic acids is 2. The SMILES string of the molecule is C[C@@H](O[C@H]1CN2C(=O)CC(C3CCN(C4=CC(=O)CC4)CC3)CC2[C@@H]1c1ccc(F)cc1)c1cc(C(F)(F)F)cc(C(F)(F)F)c1. The molecule has 12 heteroatoms. The average Bonchev–Trinajstić information content (AvgIpc) is 3.60. The van der Waals surface area contributed by atoms with Gasteiger partial charge in [-0.3, -0.25) is 9.59 Å². The summed E-state index contributed by atoms with van der Waals surface area (Å²) in [6.45, 7) is 3.11. The Bertz CT molecular complexity index is 1460. The molecule has 0 spiro atoms. The molecule has 0 radical (unpaired) electrons. The minimum Gasteiger partial charge on any atom is -0.375 e. The number of ether oxygens (including phenoxy) is 1. The molecule has 0 N–H and O–H groups in total. The lowest BCUT2D eigenvalue weighted by Gasteiger charge is -2.43. The van der Waals surface area contributed by atoms with Crippen molar-refractivity contribution in [2.75, 3.05) is 19.6 Å². The zero-order valence-corrected chi connectivity index (χ0v) is 25.2. The summed E-state index contributed by atoms with van der Waals surface area (Å²) in [6, 6.07) is 6.87. The van der Waals surface area contributed by atoms with Gasteiger partial charge in [-0.15, -0.1) is 0 Å². The van der Waals surface area contributed by atoms with E-state index in [0.29, 0.717) is 37.0 Å². The van der Waals surface area contributed by atoms with Crippen molar-refractivity contribution in [2.24, 2.45) is 11.8 Å². The van der Waals surface area contributed by atoms with Gasteiger partial charge in [0.1, 0.15) is 5.82 Å². The summed E-state index contributed by atoms with van der Waals surface area (Å²) in [6.07, 6.45) is -6.18. The molecule has 3 aliphatic heterocycles. The maximum absolute atomic E-state index is 13.9. The second kappa shape index (κ2) is 12.3. The van der Waals surface area contributed by atoms with Gasteiger partial charge in [0, 0.05) is 56.2 Å². The van der Waals surface area contributed by atoms with Crippen molar-refractivity contribution in [1.82, 2.24) is 9.80 Å². The molecule has 0 aromatic heterocycles. The second-order valence-electron chi connectivity index (χ2n) is 13.0. The van der Waals surface area contributed by atoms with Gasteiger partial charge in [0.2, 0.25) is 5.91 Å². The number of nitrogens with zero attached hydrogens (tertiary/aromatic N) is 2. The number of amides is 1. The molecule has 1 aliphatic carbocycles. The molecule has 2 unspecified atom stereocenters. The van der Waals surface area contributed by atoms with Crippen LogP contribution in [0, 0.1) is 17.7 Å². The molecule has 248 valence electrons. The first-order valence-corrected chi connectivity index (χ1v) is 15.7. The number of ketones is 1. The fraction of sp³-hybridized carbons (Fsp3) is 0.529. The summed E-state index contributed by atoms with van der Waals surface area (Å²) in [5, 5.41) is 0. The quantitative estimate of drug-likeness (QED) is 0.301. The first-order chi connectivity index (χ1) is 21.7. The number of halogens is 7. The van der Waals surface area contributed by atoms with Crippen LogP contribution in [0.4, 0.5) is 30.7 Å². The number of carbonyl (C=O) groups is 2. The fourth-order valence-corrected chi connectivity index (χ4v) is 7.83. The van der Waals surface area contributed by atoms with Crippen LogP contribution in [0.15, 0.2) is 54.2 Å². The van der Waals surface area contributed by atoms with Gasteiger partial charge in [0.25, 0.3) is 0 Å². The van der Waals surface area contributed by atoms with Crippen LogP contribution in [0.1, 0.15) is 79.7 Å². The summed E-state index contributed by atoms with van der Waals surface area (Å²) in [5.74, 6) is -0.500. The molecule has 3 fully saturated rings. The van der Waals surface area contributed by atoms with Crippen LogP contribution in [-0.2, 0) is 26.7 Å². The van der Waals surface area contributed by atoms with Crippen molar-refractivity contribution < 1.29 is 45.1 Å². The van der Waals surface area contributed by atoms with Gasteiger partial charge in [-0.25, -0.2) is 4.39 Å². The molecule has 2 aromatic rings. The van der Waals surface area contributed by atoms with Crippen molar-refractivity contribution in [3.05, 3.63) is 82.3 Å². The Morgan fingerprint density at radius 2 is 1.50 bits per heavy atom. The highest BCUT2D eigenvalue weighted by molar-refractivity contribution is 5.92. The molecular formula is C34H35F7N2O3. The summed E-state index contributed by atoms with van der Waals surface area (Å²) in [5.41, 5.74) is -1.37. The first kappa shape index (κ1) is 32.5. The van der Waals surface area contributed by atoms with Crippen LogP contribution in [0.5, 0.6) is 0 Å². The Morgan fingerprint density at radius 1 is 0.870 bits per heavy atom. The number of likely N-dealkylation sites (tertiary alicyclic amines) is 1. The molecule has 3 heterocycles. The number of allylic oxidation sites excluding steroid dienone is 2. The Kier molecular flexibility index (Phi) is 8.71. The normalized spacial score (nSPS) is 26.8. The van der Waals surface area contributed by atoms with Crippen LogP contribution >= 0.6 is 0 Å². The molecule has 5 atom stereocenters. The van der Waals surface area contributed by atoms with Crippen molar-refractivity contribution >= 4 is 11.7 Å². The van der Waals surface area contributed by atoms with Gasteiger partial charge in [-0.1, -0.05) is 12.1 Å². The van der Waals surface area contributed by atoms with Crippen molar-refractivity contribution in [3.63, 3.8) is 0 Å². The number of hydrogen-bond acceptors (Lipinski definition) is 4. The van der Waals surface area contributed by atoms with Gasteiger partial charge >= 0.3 is 12.4 Å². The smallest absolute Gasteiger partial charge is 0.375 e. The minimum absolute atomic E-state index is 0.0722. The molecule has 1 amide bonds. The summed E-state index contributed by atoms with van der Waals surface area (Å²) < 4.78 is 102. The molecule has 0 bridgehead atoms. The number of hydrogen-bond donors (Lipinski definition) is 0. The summed E-state index contributed by atoms with van der Waals surface area (Å²) >= 11 is 0. The van der Waals surface area contributed by atoms with E-state index in [-0.39, 0.29) is 47.7 Å². The van der Waals surface area contributed by atoms with Gasteiger partial charge in [0.15, 0.2) is 5.78 Å². The largest absolute Gasteiger partial charge is 0.416 e. The minimum atomic E-state index is -5.00. The molecule has 5 nitrogen and oxygen atoms in total. The lowest BCUT2D eigenvalue weighted by molar-refractivity contribution is -0.143. The van der Waals surface area contributed by atoms with Crippen molar-refractivity contribution in [2.45, 2.75) is 82.0 Å². The highest BCUT2D eigenvalue weighted by Gasteiger charge is 2.50. The number of alkyl halides is 6. The van der Waals surface area contributed by atoms with E-state index >= 15 is 0 Å². The van der Waals surface area contributed by atoms with Crippen LogP contribution in [0.3, 0.4) is 0 Å². The number of piperidine rings is 2. The highest BCUT2D eigenvalue weighted by atomic mass is 19.4. The van der Waals surface area contributed by atoms with Crippen LogP contribution in [0.25, 0.3) is 0 Å². The van der Waals surface area contributed by atoms with Crippen LogP contribution in [-0.4, -0.2) is 53.3 Å². The van der Waals surface area contributed by atoms with E-state index in [1.54, 1.807) is 23.1 Å². The Morgan fingerprint density at radius 3 is 2.07 bits per heavy atom. The van der Waals surface area contributed by atoms with Gasteiger partial charge < -0.3 is 14.5 Å². The number of benzene rings is 2. The molecule has 3 saturated heterocycles. The first-order valence-electron chi connectivity index (χ1n) is 15.7. The van der Waals surface area contributed by atoms with Gasteiger partial charge in [-0.05, 0) is 85.9 Å². The highest BCUT2D eigenvalue weighted by Crippen LogP contribution is 2.47. The van der Waals surface area contributed by atoms with Gasteiger partial charge in [0.05, 0.1) is 23.3 Å². The van der Waals surface area contributed by atoms with Crippen molar-refractivity contribution in [1.29, 1.82) is 0 Å². The zero-order chi connectivity index (χ0) is 33.0. The monoisotopic (exact) mass is 652 g/mol. The van der Waals surface area contributed by atoms with E-state index in [4.69, 9.17) is 4.74 Å². The Hall–Kier alpha value is -3.41. The van der Waals surface area contributed by atoms with Crippen molar-refractivity contribution in [3.8, 4) is 0 Å². The van der Waals surface area contributed by atoms with E-state index in [1.807, 2.05) is 0 Å². The third-order valence-electron chi connectivity index (χ3n) is 10.2. The summed E-state index contributed by atoms with van der Waals surface area (Å²) in [4.78, 5) is 29.3. The zero-order valence-electron chi connectivity index (χ0n) is 25.2. The molecular weight excluding hydrogens is 617 g/mol. The standard InChI is InChI=1S/C34H35F7N2O3/c1-19(22-12-24(33(36,37)38)16-25(13-22)34(39,40)41)46-30-18-43-29(32(30)21-2-4-26(35)5-3-21)14-23(15-31(43)45)20-8-10-42(11-9-20)27-6-7-28(44)17-27/h2-5,12-13,16-17,19-20,23,29-30,32H,6-11,14-15,18H2,1H3/t19-,23?,29?,30+,32+/m1/s1. The van der Waals surface area contributed by atoms with E-state index in [1.165, 1.54) is 19.1 Å². The molecule has 4 aliphatic rings. The Labute approximate surface area is 262 Å². The maximum atomic E-state index is 13.9. The maximum Gasteiger partial charge on any atom is 0.416 e. The van der Waals surface area contributed by atoms with E-state index < -0.39 is 47.4 Å². The number of rotatable bonds is 6. The topological polar surface area (TPSA) is 49.9 Å². The van der Waals surface area contributed by atoms with Crippen LogP contribution < -0.4 is 0 Å². The predicted molar refractivity (Wildman–Crippen MR) is 154 cm³/mol. The van der Waals surface area contributed by atoms with E-state index in [0.717, 1.165) is 38.0 Å². The second-order valence-corrected chi connectivity index (χ2v) is 13.0. The molecule has 6 rings (SSSR count). The lowest BCUT2D eigenvalue weighted by atomic mass is 9.73. The number of fused-ring (bicyclic) bond motifs is 1. The summed E-state index contributed by atoms with van der Waals surface area (Å²) in [7, 11) is 0. The third kappa shape index (κ3) is 6.68. The fourth-order valence-electron chi connectivity index (χ4n) is 7.83. The molecule has 46 heavy (non-hydrogen) atoms. The predicted octanol–water partition coefficient (Wildman–Crippen LogP) is 7.67.